The monoisotopic (exact) mass is 184 g/mol. The van der Waals surface area contributed by atoms with E-state index in [0.717, 1.165) is 17.8 Å². The van der Waals surface area contributed by atoms with Crippen LogP contribution in [0.1, 0.15) is 11.3 Å². The standard InChI is InChI=1S/C13H12O/c1-11(13-8-5-9-14-13)10-12-6-3-2-4-7-12/h2-9H,1,10H2. The smallest absolute Gasteiger partial charge is 0.129 e. The number of rotatable bonds is 3. The molecule has 1 heterocycles. The van der Waals surface area contributed by atoms with Crippen molar-refractivity contribution in [3.8, 4) is 0 Å². The molecule has 0 saturated heterocycles. The van der Waals surface area contributed by atoms with Crippen LogP contribution in [0.25, 0.3) is 5.57 Å². The Kier molecular flexibility index (Phi) is 2.50. The lowest BCUT2D eigenvalue weighted by atomic mass is 10.1. The molecule has 2 aromatic rings. The van der Waals surface area contributed by atoms with Crippen LogP contribution in [0, 0.1) is 0 Å². The van der Waals surface area contributed by atoms with Gasteiger partial charge in [-0.2, -0.15) is 0 Å². The molecule has 2 rings (SSSR count). The van der Waals surface area contributed by atoms with Crippen LogP contribution in [-0.2, 0) is 6.42 Å². The van der Waals surface area contributed by atoms with E-state index < -0.39 is 0 Å². The van der Waals surface area contributed by atoms with Gasteiger partial charge in [-0.25, -0.2) is 0 Å². The number of hydrogen-bond donors (Lipinski definition) is 0. The number of hydrogen-bond acceptors (Lipinski definition) is 1. The summed E-state index contributed by atoms with van der Waals surface area (Å²) in [6.07, 6.45) is 2.51. The Balaban J connectivity index is 2.10. The molecule has 0 unspecified atom stereocenters. The molecular formula is C13H12O. The van der Waals surface area contributed by atoms with Gasteiger partial charge in [0.25, 0.3) is 0 Å². The zero-order valence-corrected chi connectivity index (χ0v) is 7.94. The van der Waals surface area contributed by atoms with Gasteiger partial charge < -0.3 is 4.42 Å². The average molecular weight is 184 g/mol. The molecule has 1 heteroatoms. The van der Waals surface area contributed by atoms with Crippen LogP contribution in [0.15, 0.2) is 59.7 Å². The third-order valence-electron chi connectivity index (χ3n) is 2.13. The molecule has 0 saturated carbocycles. The van der Waals surface area contributed by atoms with Crippen LogP contribution < -0.4 is 0 Å². The van der Waals surface area contributed by atoms with E-state index in [1.165, 1.54) is 5.56 Å². The van der Waals surface area contributed by atoms with Crippen LogP contribution in [-0.4, -0.2) is 0 Å². The van der Waals surface area contributed by atoms with Crippen molar-refractivity contribution >= 4 is 5.57 Å². The molecule has 0 N–H and O–H groups in total. The first-order valence-electron chi connectivity index (χ1n) is 4.62. The summed E-state index contributed by atoms with van der Waals surface area (Å²) in [5.41, 5.74) is 2.27. The van der Waals surface area contributed by atoms with E-state index in [4.69, 9.17) is 4.42 Å². The van der Waals surface area contributed by atoms with Crippen molar-refractivity contribution in [3.05, 3.63) is 66.6 Å². The predicted molar refractivity (Wildman–Crippen MR) is 57.9 cm³/mol. The maximum Gasteiger partial charge on any atom is 0.129 e. The molecule has 1 aromatic heterocycles. The normalized spacial score (nSPS) is 10.0. The highest BCUT2D eigenvalue weighted by Gasteiger charge is 2.02. The Morgan fingerprint density at radius 1 is 1.07 bits per heavy atom. The third-order valence-corrected chi connectivity index (χ3v) is 2.13. The lowest BCUT2D eigenvalue weighted by Gasteiger charge is -2.01. The lowest BCUT2D eigenvalue weighted by Crippen LogP contribution is -1.86. The fourth-order valence-electron chi connectivity index (χ4n) is 1.41. The van der Waals surface area contributed by atoms with Gasteiger partial charge in [-0.15, -0.1) is 0 Å². The molecule has 0 aliphatic carbocycles. The fraction of sp³-hybridized carbons (Fsp3) is 0.0769. The summed E-state index contributed by atoms with van der Waals surface area (Å²) < 4.78 is 5.27. The van der Waals surface area contributed by atoms with Gasteiger partial charge in [0.2, 0.25) is 0 Å². The van der Waals surface area contributed by atoms with E-state index in [9.17, 15) is 0 Å². The van der Waals surface area contributed by atoms with Crippen LogP contribution in [0.3, 0.4) is 0 Å². The van der Waals surface area contributed by atoms with Crippen molar-refractivity contribution in [3.63, 3.8) is 0 Å². The van der Waals surface area contributed by atoms with Gasteiger partial charge in [-0.3, -0.25) is 0 Å². The van der Waals surface area contributed by atoms with E-state index in [0.29, 0.717) is 0 Å². The summed E-state index contributed by atoms with van der Waals surface area (Å²) in [4.78, 5) is 0. The molecule has 0 amide bonds. The first-order valence-corrected chi connectivity index (χ1v) is 4.62. The first-order chi connectivity index (χ1) is 6.86. The summed E-state index contributed by atoms with van der Waals surface area (Å²) in [6.45, 7) is 4.00. The van der Waals surface area contributed by atoms with Crippen molar-refractivity contribution in [1.82, 2.24) is 0 Å². The Morgan fingerprint density at radius 2 is 1.86 bits per heavy atom. The molecule has 0 bridgehead atoms. The summed E-state index contributed by atoms with van der Waals surface area (Å²) in [5.74, 6) is 0.869. The summed E-state index contributed by atoms with van der Waals surface area (Å²) >= 11 is 0. The van der Waals surface area contributed by atoms with Crippen molar-refractivity contribution in [1.29, 1.82) is 0 Å². The van der Waals surface area contributed by atoms with Crippen molar-refractivity contribution in [2.75, 3.05) is 0 Å². The molecule has 1 aromatic carbocycles. The molecule has 0 aliphatic rings. The maximum absolute atomic E-state index is 5.27. The number of benzene rings is 1. The fourth-order valence-corrected chi connectivity index (χ4v) is 1.41. The van der Waals surface area contributed by atoms with E-state index >= 15 is 0 Å². The van der Waals surface area contributed by atoms with Gasteiger partial charge in [-0.05, 0) is 23.3 Å². The van der Waals surface area contributed by atoms with Crippen LogP contribution in [0.5, 0.6) is 0 Å². The van der Waals surface area contributed by atoms with Crippen molar-refractivity contribution < 1.29 is 4.42 Å². The highest BCUT2D eigenvalue weighted by Crippen LogP contribution is 2.17. The minimum absolute atomic E-state index is 0.842. The average Bonchev–Trinajstić information content (AvgIpc) is 2.72. The molecular weight excluding hydrogens is 172 g/mol. The highest BCUT2D eigenvalue weighted by atomic mass is 16.3. The van der Waals surface area contributed by atoms with E-state index in [1.807, 2.05) is 30.3 Å². The number of allylic oxidation sites excluding steroid dienone is 1. The van der Waals surface area contributed by atoms with Gasteiger partial charge in [0, 0.05) is 6.42 Å². The van der Waals surface area contributed by atoms with Crippen molar-refractivity contribution in [2.45, 2.75) is 6.42 Å². The Labute approximate surface area is 83.7 Å². The minimum atomic E-state index is 0.842. The summed E-state index contributed by atoms with van der Waals surface area (Å²) in [5, 5.41) is 0. The van der Waals surface area contributed by atoms with Gasteiger partial charge in [0.15, 0.2) is 0 Å². The van der Waals surface area contributed by atoms with Gasteiger partial charge in [-0.1, -0.05) is 36.9 Å². The van der Waals surface area contributed by atoms with Crippen LogP contribution >= 0.6 is 0 Å². The zero-order chi connectivity index (χ0) is 9.80. The Bertz CT molecular complexity index is 398. The largest absolute Gasteiger partial charge is 0.465 e. The maximum atomic E-state index is 5.27. The quantitative estimate of drug-likeness (QED) is 0.711. The van der Waals surface area contributed by atoms with E-state index in [1.54, 1.807) is 6.26 Å². The van der Waals surface area contributed by atoms with E-state index in [-0.39, 0.29) is 0 Å². The second-order valence-electron chi connectivity index (χ2n) is 3.24. The van der Waals surface area contributed by atoms with Gasteiger partial charge in [0.1, 0.15) is 5.76 Å². The second-order valence-corrected chi connectivity index (χ2v) is 3.24. The van der Waals surface area contributed by atoms with Gasteiger partial charge in [0.05, 0.1) is 6.26 Å². The lowest BCUT2D eigenvalue weighted by molar-refractivity contribution is 0.551. The first kappa shape index (κ1) is 8.82. The van der Waals surface area contributed by atoms with Crippen LogP contribution in [0.4, 0.5) is 0 Å². The van der Waals surface area contributed by atoms with Crippen molar-refractivity contribution in [2.24, 2.45) is 0 Å². The molecule has 0 spiro atoms. The molecule has 1 nitrogen and oxygen atoms in total. The topological polar surface area (TPSA) is 13.1 Å². The third kappa shape index (κ3) is 1.94. The minimum Gasteiger partial charge on any atom is -0.465 e. The van der Waals surface area contributed by atoms with Gasteiger partial charge >= 0.3 is 0 Å². The summed E-state index contributed by atoms with van der Waals surface area (Å²) in [7, 11) is 0. The molecule has 0 fully saturated rings. The molecule has 70 valence electrons. The molecule has 0 radical (unpaired) electrons. The Morgan fingerprint density at radius 3 is 2.50 bits per heavy atom. The van der Waals surface area contributed by atoms with Crippen LogP contribution in [0.2, 0.25) is 0 Å². The Hall–Kier alpha value is -1.76. The second kappa shape index (κ2) is 3.97. The molecule has 14 heavy (non-hydrogen) atoms. The number of furan rings is 1. The predicted octanol–water partition coefficient (Wildman–Crippen LogP) is 3.54. The highest BCUT2D eigenvalue weighted by molar-refractivity contribution is 5.61. The SMILES string of the molecule is C=C(Cc1ccccc1)c1ccco1. The zero-order valence-electron chi connectivity index (χ0n) is 7.94. The molecule has 0 atom stereocenters. The summed E-state index contributed by atoms with van der Waals surface area (Å²) in [6, 6.07) is 14.1. The van der Waals surface area contributed by atoms with E-state index in [2.05, 4.69) is 18.7 Å². The molecule has 0 aliphatic heterocycles.